The highest BCUT2D eigenvalue weighted by molar-refractivity contribution is 6.31. The summed E-state index contributed by atoms with van der Waals surface area (Å²) in [5, 5.41) is 0.802. The van der Waals surface area contributed by atoms with Crippen LogP contribution in [0.2, 0.25) is 5.02 Å². The highest BCUT2D eigenvalue weighted by atomic mass is 35.5. The Morgan fingerprint density at radius 2 is 1.67 bits per heavy atom. The van der Waals surface area contributed by atoms with E-state index in [1.807, 2.05) is 24.3 Å². The molecule has 0 aromatic heterocycles. The van der Waals surface area contributed by atoms with E-state index in [1.165, 1.54) is 0 Å². The van der Waals surface area contributed by atoms with Gasteiger partial charge in [-0.3, -0.25) is 4.90 Å². The van der Waals surface area contributed by atoms with Gasteiger partial charge in [0.05, 0.1) is 0 Å². The first kappa shape index (κ1) is 12.5. The second-order valence-electron chi connectivity index (χ2n) is 3.44. The van der Waals surface area contributed by atoms with Gasteiger partial charge in [-0.1, -0.05) is 29.8 Å². The van der Waals surface area contributed by atoms with E-state index in [1.54, 1.807) is 0 Å². The minimum absolute atomic E-state index is 0.643. The Morgan fingerprint density at radius 1 is 1.07 bits per heavy atom. The smallest absolute Gasteiger partial charge is 0.0451 e. The third kappa shape index (κ3) is 4.18. The number of halogens is 1. The van der Waals surface area contributed by atoms with Gasteiger partial charge in [0.2, 0.25) is 0 Å². The van der Waals surface area contributed by atoms with Crippen molar-refractivity contribution in [2.45, 2.75) is 6.54 Å². The first-order valence-corrected chi connectivity index (χ1v) is 5.51. The van der Waals surface area contributed by atoms with E-state index in [-0.39, 0.29) is 0 Å². The Hall–Kier alpha value is -0.610. The molecule has 0 unspecified atom stereocenters. The van der Waals surface area contributed by atoms with E-state index in [9.17, 15) is 0 Å². The minimum Gasteiger partial charge on any atom is -0.329 e. The van der Waals surface area contributed by atoms with E-state index < -0.39 is 0 Å². The largest absolute Gasteiger partial charge is 0.329 e. The molecule has 0 spiro atoms. The molecule has 3 nitrogen and oxygen atoms in total. The number of nitrogens with zero attached hydrogens (tertiary/aromatic N) is 1. The summed E-state index contributed by atoms with van der Waals surface area (Å²) in [5.41, 5.74) is 12.2. The van der Waals surface area contributed by atoms with Crippen molar-refractivity contribution in [2.75, 3.05) is 26.2 Å². The van der Waals surface area contributed by atoms with Crippen molar-refractivity contribution in [3.8, 4) is 0 Å². The molecule has 0 aliphatic heterocycles. The van der Waals surface area contributed by atoms with E-state index in [0.29, 0.717) is 13.1 Å². The monoisotopic (exact) mass is 227 g/mol. The van der Waals surface area contributed by atoms with Crippen molar-refractivity contribution in [1.29, 1.82) is 0 Å². The number of hydrogen-bond acceptors (Lipinski definition) is 3. The standard InChI is InChI=1S/C11H18ClN3/c12-11-4-2-1-3-10(11)9-15(7-5-13)8-6-14/h1-4H,5-9,13-14H2. The normalized spacial score (nSPS) is 10.9. The Labute approximate surface area is 96.0 Å². The van der Waals surface area contributed by atoms with Crippen molar-refractivity contribution in [2.24, 2.45) is 11.5 Å². The van der Waals surface area contributed by atoms with E-state index in [4.69, 9.17) is 23.1 Å². The van der Waals surface area contributed by atoms with E-state index >= 15 is 0 Å². The van der Waals surface area contributed by atoms with Crippen molar-refractivity contribution < 1.29 is 0 Å². The summed E-state index contributed by atoms with van der Waals surface area (Å²) in [6.45, 7) is 3.80. The first-order chi connectivity index (χ1) is 7.27. The summed E-state index contributed by atoms with van der Waals surface area (Å²) < 4.78 is 0. The molecule has 0 fully saturated rings. The van der Waals surface area contributed by atoms with Gasteiger partial charge in [-0.15, -0.1) is 0 Å². The molecule has 1 rings (SSSR count). The topological polar surface area (TPSA) is 55.3 Å². The molecule has 0 atom stereocenters. The predicted molar refractivity (Wildman–Crippen MR) is 64.8 cm³/mol. The third-order valence-corrected chi connectivity index (χ3v) is 2.61. The van der Waals surface area contributed by atoms with Crippen LogP contribution in [-0.4, -0.2) is 31.1 Å². The molecule has 0 aliphatic carbocycles. The van der Waals surface area contributed by atoms with E-state index in [0.717, 1.165) is 30.2 Å². The summed E-state index contributed by atoms with van der Waals surface area (Å²) in [4.78, 5) is 2.21. The van der Waals surface area contributed by atoms with Gasteiger partial charge in [0.1, 0.15) is 0 Å². The average Bonchev–Trinajstić information content (AvgIpc) is 2.22. The number of rotatable bonds is 6. The minimum atomic E-state index is 0.643. The quantitative estimate of drug-likeness (QED) is 0.764. The lowest BCUT2D eigenvalue weighted by molar-refractivity contribution is 0.281. The maximum atomic E-state index is 6.08. The van der Waals surface area contributed by atoms with Crippen LogP contribution in [-0.2, 0) is 6.54 Å². The molecular formula is C11H18ClN3. The average molecular weight is 228 g/mol. The molecule has 1 aromatic carbocycles. The van der Waals surface area contributed by atoms with Crippen molar-refractivity contribution >= 4 is 11.6 Å². The van der Waals surface area contributed by atoms with Crippen LogP contribution < -0.4 is 11.5 Å². The van der Waals surface area contributed by atoms with Crippen molar-refractivity contribution in [3.05, 3.63) is 34.9 Å². The molecule has 15 heavy (non-hydrogen) atoms. The lowest BCUT2D eigenvalue weighted by Crippen LogP contribution is -2.33. The molecule has 0 heterocycles. The van der Waals surface area contributed by atoms with Crippen LogP contribution in [0.1, 0.15) is 5.56 Å². The molecule has 1 aromatic rings. The highest BCUT2D eigenvalue weighted by Gasteiger charge is 2.06. The van der Waals surface area contributed by atoms with Gasteiger partial charge in [0.15, 0.2) is 0 Å². The Balaban J connectivity index is 2.60. The Kier molecular flexibility index (Phi) is 5.65. The van der Waals surface area contributed by atoms with Crippen LogP contribution in [0.5, 0.6) is 0 Å². The third-order valence-electron chi connectivity index (χ3n) is 2.24. The molecule has 0 amide bonds. The molecule has 0 bridgehead atoms. The summed E-state index contributed by atoms with van der Waals surface area (Å²) >= 11 is 6.08. The predicted octanol–water partition coefficient (Wildman–Crippen LogP) is 1.06. The SMILES string of the molecule is NCCN(CCN)Cc1ccccc1Cl. The van der Waals surface area contributed by atoms with Gasteiger partial charge in [-0.25, -0.2) is 0 Å². The van der Waals surface area contributed by atoms with Gasteiger partial charge >= 0.3 is 0 Å². The summed E-state index contributed by atoms with van der Waals surface area (Å²) in [7, 11) is 0. The molecule has 0 saturated carbocycles. The number of nitrogens with two attached hydrogens (primary N) is 2. The zero-order chi connectivity index (χ0) is 11.1. The van der Waals surface area contributed by atoms with Gasteiger partial charge in [0.25, 0.3) is 0 Å². The molecular weight excluding hydrogens is 210 g/mol. The van der Waals surface area contributed by atoms with Crippen molar-refractivity contribution in [3.63, 3.8) is 0 Å². The van der Waals surface area contributed by atoms with E-state index in [2.05, 4.69) is 4.90 Å². The second-order valence-corrected chi connectivity index (χ2v) is 3.85. The Morgan fingerprint density at radius 3 is 2.20 bits per heavy atom. The van der Waals surface area contributed by atoms with Crippen LogP contribution in [0.3, 0.4) is 0 Å². The molecule has 0 saturated heterocycles. The molecule has 0 aliphatic rings. The lowest BCUT2D eigenvalue weighted by atomic mass is 10.2. The fourth-order valence-corrected chi connectivity index (χ4v) is 1.70. The van der Waals surface area contributed by atoms with Gasteiger partial charge in [-0.05, 0) is 11.6 Å². The van der Waals surface area contributed by atoms with Crippen LogP contribution in [0.4, 0.5) is 0 Å². The molecule has 4 heteroatoms. The first-order valence-electron chi connectivity index (χ1n) is 5.14. The van der Waals surface area contributed by atoms with Gasteiger partial charge in [0, 0.05) is 37.7 Å². The fourth-order valence-electron chi connectivity index (χ4n) is 1.50. The zero-order valence-electron chi connectivity index (χ0n) is 8.82. The van der Waals surface area contributed by atoms with Crippen LogP contribution in [0.25, 0.3) is 0 Å². The van der Waals surface area contributed by atoms with Crippen LogP contribution in [0.15, 0.2) is 24.3 Å². The van der Waals surface area contributed by atoms with Crippen LogP contribution in [0, 0.1) is 0 Å². The highest BCUT2D eigenvalue weighted by Crippen LogP contribution is 2.16. The Bertz CT molecular complexity index is 285. The van der Waals surface area contributed by atoms with Gasteiger partial charge in [-0.2, -0.15) is 0 Å². The fraction of sp³-hybridized carbons (Fsp3) is 0.455. The summed E-state index contributed by atoms with van der Waals surface area (Å²) in [6, 6.07) is 7.86. The molecule has 84 valence electrons. The van der Waals surface area contributed by atoms with Crippen molar-refractivity contribution in [1.82, 2.24) is 4.90 Å². The maximum Gasteiger partial charge on any atom is 0.0451 e. The second kappa shape index (κ2) is 6.80. The summed E-state index contributed by atoms with van der Waals surface area (Å²) in [5.74, 6) is 0. The van der Waals surface area contributed by atoms with Crippen LogP contribution >= 0.6 is 11.6 Å². The number of benzene rings is 1. The molecule has 0 radical (unpaired) electrons. The summed E-state index contributed by atoms with van der Waals surface area (Å²) in [6.07, 6.45) is 0. The van der Waals surface area contributed by atoms with Gasteiger partial charge < -0.3 is 11.5 Å². The lowest BCUT2D eigenvalue weighted by Gasteiger charge is -2.21. The maximum absolute atomic E-state index is 6.08. The zero-order valence-corrected chi connectivity index (χ0v) is 9.58. The number of hydrogen-bond donors (Lipinski definition) is 2. The molecule has 4 N–H and O–H groups in total.